The summed E-state index contributed by atoms with van der Waals surface area (Å²) in [6, 6.07) is 0. The number of carbonyl (C=O) groups is 1. The summed E-state index contributed by atoms with van der Waals surface area (Å²) in [5.41, 5.74) is 1.37. The van der Waals surface area contributed by atoms with Crippen LogP contribution in [-0.4, -0.2) is 21.2 Å². The van der Waals surface area contributed by atoms with Gasteiger partial charge in [-0.3, -0.25) is 9.78 Å². The van der Waals surface area contributed by atoms with Crippen LogP contribution in [0.15, 0.2) is 6.20 Å². The molecule has 0 aliphatic heterocycles. The molecule has 0 bridgehead atoms. The monoisotopic (exact) mass is 211 g/mol. The van der Waals surface area contributed by atoms with Gasteiger partial charge in [-0.15, -0.1) is 0 Å². The summed E-state index contributed by atoms with van der Waals surface area (Å²) in [5.74, 6) is -0.249. The van der Waals surface area contributed by atoms with E-state index in [1.165, 1.54) is 13.1 Å². The highest BCUT2D eigenvalue weighted by Crippen LogP contribution is 2.25. The van der Waals surface area contributed by atoms with E-state index in [0.29, 0.717) is 16.8 Å². The molecule has 0 fully saturated rings. The lowest BCUT2D eigenvalue weighted by Crippen LogP contribution is -2.09. The SMILES string of the molecule is CC(=O)Oc1c(C)ncc(CO)c1CO. The van der Waals surface area contributed by atoms with Crippen LogP contribution in [-0.2, 0) is 18.0 Å². The van der Waals surface area contributed by atoms with Crippen LogP contribution in [0.4, 0.5) is 0 Å². The molecule has 82 valence electrons. The Kier molecular flexibility index (Phi) is 3.76. The summed E-state index contributed by atoms with van der Waals surface area (Å²) in [5, 5.41) is 18.1. The fourth-order valence-corrected chi connectivity index (χ4v) is 1.26. The van der Waals surface area contributed by atoms with Crippen molar-refractivity contribution >= 4 is 5.97 Å². The zero-order valence-electron chi connectivity index (χ0n) is 8.65. The highest BCUT2D eigenvalue weighted by molar-refractivity contribution is 5.70. The number of aliphatic hydroxyl groups excluding tert-OH is 2. The zero-order chi connectivity index (χ0) is 11.4. The molecule has 0 aliphatic carbocycles. The van der Waals surface area contributed by atoms with Crippen molar-refractivity contribution in [3.05, 3.63) is 23.0 Å². The average Bonchev–Trinajstić information content (AvgIpc) is 2.20. The molecule has 15 heavy (non-hydrogen) atoms. The minimum atomic E-state index is -0.482. The third-order valence-electron chi connectivity index (χ3n) is 1.98. The summed E-state index contributed by atoms with van der Waals surface area (Å²) in [6.45, 7) is 2.38. The first-order chi connectivity index (χ1) is 7.10. The van der Waals surface area contributed by atoms with Gasteiger partial charge in [0.15, 0.2) is 5.75 Å². The second-order valence-electron chi connectivity index (χ2n) is 3.09. The molecule has 0 aromatic carbocycles. The summed E-state index contributed by atoms with van der Waals surface area (Å²) >= 11 is 0. The molecule has 1 heterocycles. The van der Waals surface area contributed by atoms with E-state index in [1.807, 2.05) is 0 Å². The largest absolute Gasteiger partial charge is 0.424 e. The van der Waals surface area contributed by atoms with Crippen molar-refractivity contribution in [3.63, 3.8) is 0 Å². The van der Waals surface area contributed by atoms with E-state index < -0.39 is 5.97 Å². The van der Waals surface area contributed by atoms with Gasteiger partial charge in [-0.2, -0.15) is 0 Å². The Hall–Kier alpha value is -1.46. The molecule has 0 amide bonds. The van der Waals surface area contributed by atoms with Crippen LogP contribution in [0.1, 0.15) is 23.7 Å². The Balaban J connectivity index is 3.25. The quantitative estimate of drug-likeness (QED) is 0.703. The van der Waals surface area contributed by atoms with Crippen LogP contribution < -0.4 is 4.74 Å². The van der Waals surface area contributed by atoms with Crippen LogP contribution in [0.5, 0.6) is 5.75 Å². The van der Waals surface area contributed by atoms with Crippen molar-refractivity contribution < 1.29 is 19.7 Å². The minimum absolute atomic E-state index is 0.233. The number of aryl methyl sites for hydroxylation is 1. The van der Waals surface area contributed by atoms with Gasteiger partial charge in [0.25, 0.3) is 0 Å². The molecule has 0 spiro atoms. The Labute approximate surface area is 87.3 Å². The Bertz CT molecular complexity index is 376. The molecule has 0 atom stereocenters. The first-order valence-electron chi connectivity index (χ1n) is 4.47. The van der Waals surface area contributed by atoms with Crippen LogP contribution in [0.3, 0.4) is 0 Å². The van der Waals surface area contributed by atoms with Crippen LogP contribution >= 0.6 is 0 Å². The lowest BCUT2D eigenvalue weighted by atomic mass is 10.1. The number of aromatic nitrogens is 1. The molecule has 0 saturated heterocycles. The lowest BCUT2D eigenvalue weighted by molar-refractivity contribution is -0.132. The first-order valence-corrected chi connectivity index (χ1v) is 4.47. The molecule has 1 aromatic rings. The number of aliphatic hydroxyl groups is 2. The lowest BCUT2D eigenvalue weighted by Gasteiger charge is -2.12. The molecule has 2 N–H and O–H groups in total. The van der Waals surface area contributed by atoms with Gasteiger partial charge in [-0.05, 0) is 6.92 Å². The minimum Gasteiger partial charge on any atom is -0.424 e. The number of pyridine rings is 1. The third kappa shape index (κ3) is 2.51. The van der Waals surface area contributed by atoms with Gasteiger partial charge in [0.05, 0.1) is 18.9 Å². The molecular formula is C10H13NO4. The third-order valence-corrected chi connectivity index (χ3v) is 1.98. The molecule has 0 aliphatic rings. The molecule has 0 unspecified atom stereocenters. The number of rotatable bonds is 3. The fourth-order valence-electron chi connectivity index (χ4n) is 1.26. The normalized spacial score (nSPS) is 10.1. The van der Waals surface area contributed by atoms with E-state index in [4.69, 9.17) is 14.9 Å². The van der Waals surface area contributed by atoms with Crippen LogP contribution in [0, 0.1) is 6.92 Å². The summed E-state index contributed by atoms with van der Waals surface area (Å²) in [6.07, 6.45) is 1.45. The molecule has 5 nitrogen and oxygen atoms in total. The number of hydrogen-bond donors (Lipinski definition) is 2. The number of esters is 1. The number of ether oxygens (including phenoxy) is 1. The van der Waals surface area contributed by atoms with Gasteiger partial charge in [0.1, 0.15) is 0 Å². The van der Waals surface area contributed by atoms with E-state index in [9.17, 15) is 4.79 Å². The average molecular weight is 211 g/mol. The van der Waals surface area contributed by atoms with Crippen LogP contribution in [0.2, 0.25) is 0 Å². The van der Waals surface area contributed by atoms with Crippen molar-refractivity contribution in [2.45, 2.75) is 27.1 Å². The fraction of sp³-hybridized carbons (Fsp3) is 0.400. The van der Waals surface area contributed by atoms with Crippen molar-refractivity contribution in [1.82, 2.24) is 4.98 Å². The maximum atomic E-state index is 10.8. The van der Waals surface area contributed by atoms with Gasteiger partial charge in [0, 0.05) is 24.2 Å². The summed E-state index contributed by atoms with van der Waals surface area (Å²) in [7, 11) is 0. The van der Waals surface area contributed by atoms with Gasteiger partial charge in [0.2, 0.25) is 0 Å². The van der Waals surface area contributed by atoms with Crippen molar-refractivity contribution in [2.75, 3.05) is 0 Å². The smallest absolute Gasteiger partial charge is 0.308 e. The maximum Gasteiger partial charge on any atom is 0.308 e. The predicted molar refractivity (Wildman–Crippen MR) is 52.1 cm³/mol. The second kappa shape index (κ2) is 4.86. The molecule has 0 saturated carbocycles. The molecule has 1 rings (SSSR count). The van der Waals surface area contributed by atoms with E-state index in [0.717, 1.165) is 0 Å². The van der Waals surface area contributed by atoms with Gasteiger partial charge >= 0.3 is 5.97 Å². The van der Waals surface area contributed by atoms with Gasteiger partial charge in [-0.25, -0.2) is 0 Å². The highest BCUT2D eigenvalue weighted by Gasteiger charge is 2.14. The standard InChI is InChI=1S/C10H13NO4/c1-6-10(15-7(2)14)9(5-13)8(4-12)3-11-6/h3,12-13H,4-5H2,1-2H3. The van der Waals surface area contributed by atoms with Crippen molar-refractivity contribution in [3.8, 4) is 5.75 Å². The van der Waals surface area contributed by atoms with Gasteiger partial charge < -0.3 is 14.9 Å². The summed E-state index contributed by atoms with van der Waals surface area (Å²) in [4.78, 5) is 14.8. The Morgan fingerprint density at radius 2 is 2.13 bits per heavy atom. The topological polar surface area (TPSA) is 79.7 Å². The number of nitrogens with zero attached hydrogens (tertiary/aromatic N) is 1. The zero-order valence-corrected chi connectivity index (χ0v) is 8.65. The first kappa shape index (κ1) is 11.6. The summed E-state index contributed by atoms with van der Waals surface area (Å²) < 4.78 is 4.94. The Morgan fingerprint density at radius 1 is 1.47 bits per heavy atom. The Morgan fingerprint density at radius 3 is 2.60 bits per heavy atom. The molecule has 5 heteroatoms. The molecule has 1 aromatic heterocycles. The van der Waals surface area contributed by atoms with E-state index >= 15 is 0 Å². The number of carbonyl (C=O) groups excluding carboxylic acids is 1. The predicted octanol–water partition coefficient (Wildman–Crippen LogP) is 0.300. The van der Waals surface area contributed by atoms with E-state index in [-0.39, 0.29) is 19.0 Å². The maximum absolute atomic E-state index is 10.8. The van der Waals surface area contributed by atoms with Gasteiger partial charge in [-0.1, -0.05) is 0 Å². The molecule has 0 radical (unpaired) electrons. The van der Waals surface area contributed by atoms with Crippen molar-refractivity contribution in [1.29, 1.82) is 0 Å². The number of hydrogen-bond acceptors (Lipinski definition) is 5. The van der Waals surface area contributed by atoms with Crippen molar-refractivity contribution in [2.24, 2.45) is 0 Å². The molecular weight excluding hydrogens is 198 g/mol. The second-order valence-corrected chi connectivity index (χ2v) is 3.09. The van der Waals surface area contributed by atoms with E-state index in [2.05, 4.69) is 4.98 Å². The van der Waals surface area contributed by atoms with E-state index in [1.54, 1.807) is 6.92 Å². The van der Waals surface area contributed by atoms with Crippen LogP contribution in [0.25, 0.3) is 0 Å². The highest BCUT2D eigenvalue weighted by atomic mass is 16.5.